The van der Waals surface area contributed by atoms with E-state index in [1.165, 1.54) is 0 Å². The molecule has 2 N–H and O–H groups in total. The van der Waals surface area contributed by atoms with Crippen LogP contribution in [0, 0.1) is 0 Å². The standard InChI is InChI=1S/C15H25N3O2/c1-5-6-13-9-12(10-14(16)17-13)15(19)18(4)7-8-20-11(2)3/h9-11H,5-8H2,1-4H3,(H2,16,17). The van der Waals surface area contributed by atoms with Crippen LogP contribution < -0.4 is 5.73 Å². The van der Waals surface area contributed by atoms with Crippen LogP contribution in [0.1, 0.15) is 43.2 Å². The highest BCUT2D eigenvalue weighted by Crippen LogP contribution is 2.11. The Morgan fingerprint density at radius 2 is 2.15 bits per heavy atom. The molecule has 0 atom stereocenters. The van der Waals surface area contributed by atoms with E-state index in [9.17, 15) is 4.79 Å². The minimum Gasteiger partial charge on any atom is -0.384 e. The molecule has 0 aliphatic heterocycles. The van der Waals surface area contributed by atoms with E-state index in [1.54, 1.807) is 18.0 Å². The van der Waals surface area contributed by atoms with E-state index in [-0.39, 0.29) is 12.0 Å². The van der Waals surface area contributed by atoms with Crippen molar-refractivity contribution in [3.63, 3.8) is 0 Å². The Labute approximate surface area is 121 Å². The zero-order valence-corrected chi connectivity index (χ0v) is 12.8. The highest BCUT2D eigenvalue weighted by atomic mass is 16.5. The molecule has 0 fully saturated rings. The van der Waals surface area contributed by atoms with Crippen LogP contribution in [-0.2, 0) is 11.2 Å². The van der Waals surface area contributed by atoms with Gasteiger partial charge in [-0.3, -0.25) is 4.79 Å². The molecule has 5 nitrogen and oxygen atoms in total. The molecular weight excluding hydrogens is 254 g/mol. The summed E-state index contributed by atoms with van der Waals surface area (Å²) < 4.78 is 5.45. The number of amides is 1. The zero-order chi connectivity index (χ0) is 15.1. The predicted molar refractivity (Wildman–Crippen MR) is 80.7 cm³/mol. The van der Waals surface area contributed by atoms with Crippen LogP contribution in [0.4, 0.5) is 5.82 Å². The van der Waals surface area contributed by atoms with Gasteiger partial charge in [-0.05, 0) is 32.4 Å². The van der Waals surface area contributed by atoms with E-state index in [2.05, 4.69) is 11.9 Å². The van der Waals surface area contributed by atoms with Gasteiger partial charge >= 0.3 is 0 Å². The van der Waals surface area contributed by atoms with Crippen molar-refractivity contribution >= 4 is 11.7 Å². The Kier molecular flexibility index (Phi) is 6.45. The number of anilines is 1. The molecule has 0 radical (unpaired) electrons. The number of pyridine rings is 1. The summed E-state index contributed by atoms with van der Waals surface area (Å²) in [6, 6.07) is 3.45. The number of nitrogens with zero attached hydrogens (tertiary/aromatic N) is 2. The van der Waals surface area contributed by atoms with Crippen LogP contribution in [0.5, 0.6) is 0 Å². The third kappa shape index (κ3) is 5.17. The third-order valence-electron chi connectivity index (χ3n) is 2.88. The quantitative estimate of drug-likeness (QED) is 0.830. The Hall–Kier alpha value is -1.62. The van der Waals surface area contributed by atoms with Crippen molar-refractivity contribution < 1.29 is 9.53 Å². The number of ether oxygens (including phenoxy) is 1. The molecular formula is C15H25N3O2. The lowest BCUT2D eigenvalue weighted by Crippen LogP contribution is -2.31. The molecule has 0 saturated carbocycles. The van der Waals surface area contributed by atoms with Gasteiger partial charge in [0.05, 0.1) is 12.7 Å². The number of carbonyl (C=O) groups excluding carboxylic acids is 1. The number of rotatable bonds is 7. The maximum Gasteiger partial charge on any atom is 0.253 e. The summed E-state index contributed by atoms with van der Waals surface area (Å²) in [5.74, 6) is 0.343. The van der Waals surface area contributed by atoms with E-state index in [0.29, 0.717) is 24.5 Å². The molecule has 20 heavy (non-hydrogen) atoms. The van der Waals surface area contributed by atoms with Crippen molar-refractivity contribution in [2.24, 2.45) is 0 Å². The summed E-state index contributed by atoms with van der Waals surface area (Å²) in [6.45, 7) is 7.11. The lowest BCUT2D eigenvalue weighted by atomic mass is 10.1. The molecule has 0 bridgehead atoms. The van der Waals surface area contributed by atoms with E-state index >= 15 is 0 Å². The largest absolute Gasteiger partial charge is 0.384 e. The number of hydrogen-bond donors (Lipinski definition) is 1. The predicted octanol–water partition coefficient (Wildman–Crippen LogP) is 2.11. The summed E-state index contributed by atoms with van der Waals surface area (Å²) in [6.07, 6.45) is 1.97. The zero-order valence-electron chi connectivity index (χ0n) is 12.8. The van der Waals surface area contributed by atoms with Crippen molar-refractivity contribution in [3.8, 4) is 0 Å². The molecule has 0 spiro atoms. The Bertz CT molecular complexity index is 447. The summed E-state index contributed by atoms with van der Waals surface area (Å²) in [7, 11) is 1.77. The molecule has 0 unspecified atom stereocenters. The normalized spacial score (nSPS) is 10.8. The molecule has 0 aromatic carbocycles. The van der Waals surface area contributed by atoms with Gasteiger partial charge in [-0.2, -0.15) is 0 Å². The van der Waals surface area contributed by atoms with Gasteiger partial charge in [0.25, 0.3) is 5.91 Å². The van der Waals surface area contributed by atoms with Crippen molar-refractivity contribution in [1.29, 1.82) is 0 Å². The van der Waals surface area contributed by atoms with Crippen molar-refractivity contribution in [2.45, 2.75) is 39.7 Å². The van der Waals surface area contributed by atoms with Crippen LogP contribution in [0.2, 0.25) is 0 Å². The highest BCUT2D eigenvalue weighted by Gasteiger charge is 2.13. The van der Waals surface area contributed by atoms with E-state index in [1.807, 2.05) is 19.9 Å². The van der Waals surface area contributed by atoms with Crippen LogP contribution in [-0.4, -0.2) is 42.1 Å². The number of aryl methyl sites for hydroxylation is 1. The number of likely N-dealkylation sites (N-methyl/N-ethyl adjacent to an activating group) is 1. The first-order valence-corrected chi connectivity index (χ1v) is 7.07. The van der Waals surface area contributed by atoms with Gasteiger partial charge in [-0.1, -0.05) is 13.3 Å². The van der Waals surface area contributed by atoms with Crippen LogP contribution in [0.3, 0.4) is 0 Å². The number of carbonyl (C=O) groups is 1. The molecule has 1 rings (SSSR count). The number of nitrogens with two attached hydrogens (primary N) is 1. The average Bonchev–Trinajstić information content (AvgIpc) is 2.37. The van der Waals surface area contributed by atoms with Gasteiger partial charge in [0, 0.05) is 24.8 Å². The highest BCUT2D eigenvalue weighted by molar-refractivity contribution is 5.94. The first kappa shape index (κ1) is 16.4. The summed E-state index contributed by atoms with van der Waals surface area (Å²) in [4.78, 5) is 18.2. The third-order valence-corrected chi connectivity index (χ3v) is 2.88. The van der Waals surface area contributed by atoms with E-state index in [0.717, 1.165) is 18.5 Å². The molecule has 0 aliphatic rings. The van der Waals surface area contributed by atoms with Gasteiger partial charge in [-0.15, -0.1) is 0 Å². The minimum absolute atomic E-state index is 0.0520. The van der Waals surface area contributed by atoms with Gasteiger partial charge in [0.15, 0.2) is 0 Å². The van der Waals surface area contributed by atoms with Crippen molar-refractivity contribution in [3.05, 3.63) is 23.4 Å². The van der Waals surface area contributed by atoms with Crippen molar-refractivity contribution in [2.75, 3.05) is 25.9 Å². The number of aromatic nitrogens is 1. The summed E-state index contributed by atoms with van der Waals surface area (Å²) in [5, 5.41) is 0. The number of nitrogen functional groups attached to an aromatic ring is 1. The van der Waals surface area contributed by atoms with E-state index < -0.39 is 0 Å². The maximum absolute atomic E-state index is 12.3. The Morgan fingerprint density at radius 3 is 2.75 bits per heavy atom. The topological polar surface area (TPSA) is 68.5 Å². The maximum atomic E-state index is 12.3. The molecule has 1 aromatic rings. The molecule has 112 valence electrons. The Balaban J connectivity index is 2.70. The molecule has 1 aromatic heterocycles. The fraction of sp³-hybridized carbons (Fsp3) is 0.600. The SMILES string of the molecule is CCCc1cc(C(=O)N(C)CCOC(C)C)cc(N)n1. The van der Waals surface area contributed by atoms with Gasteiger partial charge in [0.1, 0.15) is 5.82 Å². The molecule has 1 heterocycles. The Morgan fingerprint density at radius 1 is 1.45 bits per heavy atom. The smallest absolute Gasteiger partial charge is 0.253 e. The summed E-state index contributed by atoms with van der Waals surface area (Å²) >= 11 is 0. The fourth-order valence-corrected chi connectivity index (χ4v) is 1.87. The molecule has 1 amide bonds. The van der Waals surface area contributed by atoms with E-state index in [4.69, 9.17) is 10.5 Å². The first-order chi connectivity index (χ1) is 9.43. The van der Waals surface area contributed by atoms with Crippen LogP contribution in [0.15, 0.2) is 12.1 Å². The van der Waals surface area contributed by atoms with Crippen LogP contribution in [0.25, 0.3) is 0 Å². The lowest BCUT2D eigenvalue weighted by Gasteiger charge is -2.18. The van der Waals surface area contributed by atoms with Gasteiger partial charge < -0.3 is 15.4 Å². The van der Waals surface area contributed by atoms with Crippen molar-refractivity contribution in [1.82, 2.24) is 9.88 Å². The second kappa shape index (κ2) is 7.85. The average molecular weight is 279 g/mol. The second-order valence-corrected chi connectivity index (χ2v) is 5.17. The second-order valence-electron chi connectivity index (χ2n) is 5.17. The summed E-state index contributed by atoms with van der Waals surface area (Å²) in [5.41, 5.74) is 7.22. The molecule has 0 aliphatic carbocycles. The monoisotopic (exact) mass is 279 g/mol. The number of hydrogen-bond acceptors (Lipinski definition) is 4. The first-order valence-electron chi connectivity index (χ1n) is 7.07. The van der Waals surface area contributed by atoms with Gasteiger partial charge in [0.2, 0.25) is 0 Å². The molecule has 0 saturated heterocycles. The molecule has 5 heteroatoms. The van der Waals surface area contributed by atoms with Crippen LogP contribution >= 0.6 is 0 Å². The fourth-order valence-electron chi connectivity index (χ4n) is 1.87. The lowest BCUT2D eigenvalue weighted by molar-refractivity contribution is 0.0532. The minimum atomic E-state index is -0.0520. The van der Waals surface area contributed by atoms with Gasteiger partial charge in [-0.25, -0.2) is 4.98 Å².